The van der Waals surface area contributed by atoms with Gasteiger partial charge < -0.3 is 5.32 Å². The molecule has 0 saturated carbocycles. The van der Waals surface area contributed by atoms with E-state index in [1.807, 2.05) is 0 Å². The zero-order valence-electron chi connectivity index (χ0n) is 12.8. The Morgan fingerprint density at radius 3 is 2.30 bits per heavy atom. The van der Waals surface area contributed by atoms with Gasteiger partial charge in [-0.15, -0.1) is 0 Å². The largest absolute Gasteiger partial charge is 0.310 e. The van der Waals surface area contributed by atoms with Crippen LogP contribution in [0.15, 0.2) is 48.5 Å². The van der Waals surface area contributed by atoms with Crippen LogP contribution in [0.1, 0.15) is 44.4 Å². The Balaban J connectivity index is 2.32. The van der Waals surface area contributed by atoms with E-state index in [9.17, 15) is 0 Å². The van der Waals surface area contributed by atoms with Crippen molar-refractivity contribution in [3.63, 3.8) is 0 Å². The molecule has 0 aromatic heterocycles. The molecule has 0 radical (unpaired) electrons. The number of hydrogen-bond donors (Lipinski definition) is 1. The van der Waals surface area contributed by atoms with E-state index in [1.54, 1.807) is 0 Å². The summed E-state index contributed by atoms with van der Waals surface area (Å²) in [5, 5.41) is 3.50. The van der Waals surface area contributed by atoms with Crippen molar-refractivity contribution in [1.82, 2.24) is 5.32 Å². The van der Waals surface area contributed by atoms with E-state index < -0.39 is 0 Å². The topological polar surface area (TPSA) is 12.0 Å². The minimum atomic E-state index is 0.381. The van der Waals surface area contributed by atoms with E-state index in [1.165, 1.54) is 28.7 Å². The molecule has 0 fully saturated rings. The standard InChI is InChI=1S/C19H25N/c1-4-8-16-11-13-17(14-12-16)19-10-7-6-9-18(19)15(3)20-5-2/h6-7,9-15,20H,4-5,8H2,1-3H3. The molecule has 1 unspecified atom stereocenters. The number of nitrogens with one attached hydrogen (secondary N) is 1. The van der Waals surface area contributed by atoms with Gasteiger partial charge in [0.05, 0.1) is 0 Å². The Bertz CT molecular complexity index is 528. The summed E-state index contributed by atoms with van der Waals surface area (Å²) in [5.74, 6) is 0. The lowest BCUT2D eigenvalue weighted by atomic mass is 9.94. The fourth-order valence-electron chi connectivity index (χ4n) is 2.69. The predicted molar refractivity (Wildman–Crippen MR) is 88.0 cm³/mol. The van der Waals surface area contributed by atoms with Gasteiger partial charge >= 0.3 is 0 Å². The van der Waals surface area contributed by atoms with Crippen LogP contribution >= 0.6 is 0 Å². The van der Waals surface area contributed by atoms with Crippen LogP contribution < -0.4 is 5.32 Å². The monoisotopic (exact) mass is 267 g/mol. The first-order valence-electron chi connectivity index (χ1n) is 7.67. The minimum Gasteiger partial charge on any atom is -0.310 e. The highest BCUT2D eigenvalue weighted by Gasteiger charge is 2.10. The van der Waals surface area contributed by atoms with Crippen molar-refractivity contribution in [2.45, 2.75) is 39.7 Å². The Labute approximate surface area is 123 Å². The highest BCUT2D eigenvalue weighted by molar-refractivity contribution is 5.68. The quantitative estimate of drug-likeness (QED) is 0.778. The van der Waals surface area contributed by atoms with Gasteiger partial charge in [0.15, 0.2) is 0 Å². The number of aryl methyl sites for hydroxylation is 1. The van der Waals surface area contributed by atoms with E-state index in [0.29, 0.717) is 6.04 Å². The lowest BCUT2D eigenvalue weighted by Gasteiger charge is -2.17. The molecule has 1 atom stereocenters. The normalized spacial score (nSPS) is 12.3. The summed E-state index contributed by atoms with van der Waals surface area (Å²) in [4.78, 5) is 0. The van der Waals surface area contributed by atoms with Crippen molar-refractivity contribution in [1.29, 1.82) is 0 Å². The molecule has 0 aliphatic rings. The smallest absolute Gasteiger partial charge is 0.0297 e. The maximum atomic E-state index is 3.50. The molecule has 0 aliphatic heterocycles. The molecular weight excluding hydrogens is 242 g/mol. The first kappa shape index (κ1) is 14.8. The van der Waals surface area contributed by atoms with E-state index in [2.05, 4.69) is 74.6 Å². The molecule has 0 saturated heterocycles. The van der Waals surface area contributed by atoms with Crippen LogP contribution in [0.25, 0.3) is 11.1 Å². The Morgan fingerprint density at radius 1 is 0.950 bits per heavy atom. The molecular formula is C19H25N. The first-order valence-corrected chi connectivity index (χ1v) is 7.67. The highest BCUT2D eigenvalue weighted by atomic mass is 14.9. The van der Waals surface area contributed by atoms with Crippen molar-refractivity contribution in [3.05, 3.63) is 59.7 Å². The molecule has 106 valence electrons. The Kier molecular flexibility index (Phi) is 5.37. The fourth-order valence-corrected chi connectivity index (χ4v) is 2.69. The molecule has 1 nitrogen and oxygen atoms in total. The fraction of sp³-hybridized carbons (Fsp3) is 0.368. The second kappa shape index (κ2) is 7.25. The van der Waals surface area contributed by atoms with Crippen LogP contribution in [0.2, 0.25) is 0 Å². The van der Waals surface area contributed by atoms with Gasteiger partial charge in [-0.25, -0.2) is 0 Å². The third-order valence-corrected chi connectivity index (χ3v) is 3.74. The van der Waals surface area contributed by atoms with Crippen LogP contribution in [0.5, 0.6) is 0 Å². The molecule has 0 heterocycles. The highest BCUT2D eigenvalue weighted by Crippen LogP contribution is 2.28. The summed E-state index contributed by atoms with van der Waals surface area (Å²) in [6, 6.07) is 18.1. The van der Waals surface area contributed by atoms with Gasteiger partial charge in [0.1, 0.15) is 0 Å². The van der Waals surface area contributed by atoms with Crippen molar-refractivity contribution >= 4 is 0 Å². The number of hydrogen-bond acceptors (Lipinski definition) is 1. The molecule has 1 N–H and O–H groups in total. The second-order valence-corrected chi connectivity index (χ2v) is 5.31. The molecule has 2 aromatic carbocycles. The molecule has 0 spiro atoms. The lowest BCUT2D eigenvalue weighted by molar-refractivity contribution is 0.599. The molecule has 2 rings (SSSR count). The van der Waals surface area contributed by atoms with E-state index in [4.69, 9.17) is 0 Å². The summed E-state index contributed by atoms with van der Waals surface area (Å²) >= 11 is 0. The summed E-state index contributed by atoms with van der Waals surface area (Å²) < 4.78 is 0. The molecule has 1 heteroatoms. The number of rotatable bonds is 6. The van der Waals surface area contributed by atoms with Gasteiger partial charge in [-0.1, -0.05) is 68.8 Å². The Morgan fingerprint density at radius 2 is 1.65 bits per heavy atom. The van der Waals surface area contributed by atoms with Gasteiger partial charge in [-0.2, -0.15) is 0 Å². The van der Waals surface area contributed by atoms with Crippen molar-refractivity contribution < 1.29 is 0 Å². The number of benzene rings is 2. The van der Waals surface area contributed by atoms with Crippen LogP contribution in [-0.4, -0.2) is 6.54 Å². The average Bonchev–Trinajstić information content (AvgIpc) is 2.49. The van der Waals surface area contributed by atoms with E-state index in [0.717, 1.165) is 13.0 Å². The van der Waals surface area contributed by atoms with Gasteiger partial charge in [0.25, 0.3) is 0 Å². The molecule has 2 aromatic rings. The summed E-state index contributed by atoms with van der Waals surface area (Å²) in [6.45, 7) is 7.60. The van der Waals surface area contributed by atoms with Crippen molar-refractivity contribution in [2.24, 2.45) is 0 Å². The lowest BCUT2D eigenvalue weighted by Crippen LogP contribution is -2.18. The third-order valence-electron chi connectivity index (χ3n) is 3.74. The second-order valence-electron chi connectivity index (χ2n) is 5.31. The molecule has 0 aliphatic carbocycles. The predicted octanol–water partition coefficient (Wildman–Crippen LogP) is 4.98. The summed E-state index contributed by atoms with van der Waals surface area (Å²) in [7, 11) is 0. The van der Waals surface area contributed by atoms with Gasteiger partial charge in [0.2, 0.25) is 0 Å². The summed E-state index contributed by atoms with van der Waals surface area (Å²) in [6.07, 6.45) is 2.36. The van der Waals surface area contributed by atoms with Gasteiger partial charge in [0, 0.05) is 6.04 Å². The van der Waals surface area contributed by atoms with Gasteiger partial charge in [-0.3, -0.25) is 0 Å². The zero-order valence-corrected chi connectivity index (χ0v) is 12.8. The van der Waals surface area contributed by atoms with E-state index >= 15 is 0 Å². The van der Waals surface area contributed by atoms with Crippen LogP contribution in [0.3, 0.4) is 0 Å². The zero-order chi connectivity index (χ0) is 14.4. The summed E-state index contributed by atoms with van der Waals surface area (Å²) in [5.41, 5.74) is 5.44. The van der Waals surface area contributed by atoms with E-state index in [-0.39, 0.29) is 0 Å². The molecule has 0 bridgehead atoms. The van der Waals surface area contributed by atoms with Crippen LogP contribution in [0.4, 0.5) is 0 Å². The van der Waals surface area contributed by atoms with Gasteiger partial charge in [-0.05, 0) is 42.1 Å². The van der Waals surface area contributed by atoms with Crippen molar-refractivity contribution in [2.75, 3.05) is 6.54 Å². The maximum Gasteiger partial charge on any atom is 0.0297 e. The Hall–Kier alpha value is -1.60. The first-order chi connectivity index (χ1) is 9.76. The molecule has 0 amide bonds. The molecule has 20 heavy (non-hydrogen) atoms. The SMILES string of the molecule is CCCc1ccc(-c2ccccc2C(C)NCC)cc1. The maximum absolute atomic E-state index is 3.50. The third kappa shape index (κ3) is 3.49. The van der Waals surface area contributed by atoms with Crippen LogP contribution in [-0.2, 0) is 6.42 Å². The minimum absolute atomic E-state index is 0.381. The van der Waals surface area contributed by atoms with Crippen LogP contribution in [0, 0.1) is 0 Å². The van der Waals surface area contributed by atoms with Crippen molar-refractivity contribution in [3.8, 4) is 11.1 Å². The average molecular weight is 267 g/mol.